The molecule has 0 spiro atoms. The Morgan fingerprint density at radius 3 is 2.81 bits per heavy atom. The van der Waals surface area contributed by atoms with E-state index < -0.39 is 0 Å². The number of hydrogen-bond donors (Lipinski definition) is 2. The van der Waals surface area contributed by atoms with Gasteiger partial charge in [0.25, 0.3) is 5.91 Å². The van der Waals surface area contributed by atoms with E-state index in [0.29, 0.717) is 23.6 Å². The first-order valence-electron chi connectivity index (χ1n) is 6.68. The zero-order valence-electron chi connectivity index (χ0n) is 12.8. The van der Waals surface area contributed by atoms with Gasteiger partial charge in [0.2, 0.25) is 0 Å². The normalized spacial score (nSPS) is 12.9. The molecule has 1 unspecified atom stereocenters. The van der Waals surface area contributed by atoms with Crippen LogP contribution in [0.25, 0.3) is 0 Å². The van der Waals surface area contributed by atoms with Crippen molar-refractivity contribution in [1.82, 2.24) is 5.32 Å². The monoisotopic (exact) mass is 294 g/mol. The standard InChI is InChI=1S/C15H22N2O4/c1-10-5-6-14(13(7-10)12(3)17-19)21-9-15(18)16-11(2)8-20-4/h5-7,11,19H,8-9H2,1-4H3,(H,16,18). The van der Waals surface area contributed by atoms with Crippen molar-refractivity contribution in [2.45, 2.75) is 26.8 Å². The molecule has 1 aromatic carbocycles. The summed E-state index contributed by atoms with van der Waals surface area (Å²) < 4.78 is 10.5. The van der Waals surface area contributed by atoms with Crippen LogP contribution in [0, 0.1) is 6.92 Å². The lowest BCUT2D eigenvalue weighted by atomic mass is 10.1. The lowest BCUT2D eigenvalue weighted by Crippen LogP contribution is -2.38. The molecule has 0 fully saturated rings. The van der Waals surface area contributed by atoms with Crippen molar-refractivity contribution in [2.75, 3.05) is 20.3 Å². The Morgan fingerprint density at radius 2 is 2.19 bits per heavy atom. The molecule has 0 saturated heterocycles. The molecule has 0 bridgehead atoms. The Hall–Kier alpha value is -2.08. The van der Waals surface area contributed by atoms with E-state index in [1.54, 1.807) is 20.1 Å². The first-order chi connectivity index (χ1) is 9.97. The minimum Gasteiger partial charge on any atom is -0.483 e. The summed E-state index contributed by atoms with van der Waals surface area (Å²) in [6.45, 7) is 5.78. The van der Waals surface area contributed by atoms with Gasteiger partial charge in [-0.15, -0.1) is 0 Å². The van der Waals surface area contributed by atoms with Gasteiger partial charge in [-0.2, -0.15) is 0 Å². The van der Waals surface area contributed by atoms with Gasteiger partial charge in [0.05, 0.1) is 12.3 Å². The van der Waals surface area contributed by atoms with E-state index in [-0.39, 0.29) is 18.6 Å². The van der Waals surface area contributed by atoms with Crippen LogP contribution in [0.3, 0.4) is 0 Å². The van der Waals surface area contributed by atoms with Gasteiger partial charge in [-0.05, 0) is 32.9 Å². The number of hydrogen-bond acceptors (Lipinski definition) is 5. The van der Waals surface area contributed by atoms with Gasteiger partial charge in [0, 0.05) is 18.7 Å². The zero-order valence-corrected chi connectivity index (χ0v) is 12.8. The second-order valence-electron chi connectivity index (χ2n) is 4.90. The molecule has 1 amide bonds. The Balaban J connectivity index is 2.69. The number of carbonyl (C=O) groups excluding carboxylic acids is 1. The van der Waals surface area contributed by atoms with E-state index in [0.717, 1.165) is 5.56 Å². The van der Waals surface area contributed by atoms with E-state index in [1.165, 1.54) is 0 Å². The lowest BCUT2D eigenvalue weighted by Gasteiger charge is -2.14. The fourth-order valence-electron chi connectivity index (χ4n) is 1.86. The molecule has 0 aliphatic carbocycles. The van der Waals surface area contributed by atoms with Crippen LogP contribution < -0.4 is 10.1 Å². The highest BCUT2D eigenvalue weighted by Crippen LogP contribution is 2.21. The first-order valence-corrected chi connectivity index (χ1v) is 6.68. The summed E-state index contributed by atoms with van der Waals surface area (Å²) in [5.74, 6) is 0.273. The van der Waals surface area contributed by atoms with Gasteiger partial charge in [-0.25, -0.2) is 0 Å². The fraction of sp³-hybridized carbons (Fsp3) is 0.467. The maximum absolute atomic E-state index is 11.7. The average molecular weight is 294 g/mol. The molecule has 0 saturated carbocycles. The first kappa shape index (κ1) is 17.0. The largest absolute Gasteiger partial charge is 0.483 e. The molecule has 0 heterocycles. The third-order valence-corrected chi connectivity index (χ3v) is 2.86. The summed E-state index contributed by atoms with van der Waals surface area (Å²) in [6.07, 6.45) is 0. The van der Waals surface area contributed by atoms with Gasteiger partial charge < -0.3 is 20.0 Å². The van der Waals surface area contributed by atoms with Gasteiger partial charge in [0.15, 0.2) is 6.61 Å². The number of benzene rings is 1. The molecule has 21 heavy (non-hydrogen) atoms. The lowest BCUT2D eigenvalue weighted by molar-refractivity contribution is -0.124. The van der Waals surface area contributed by atoms with Crippen molar-refractivity contribution in [3.8, 4) is 5.75 Å². The molecule has 6 heteroatoms. The van der Waals surface area contributed by atoms with Gasteiger partial charge in [0.1, 0.15) is 5.75 Å². The number of nitrogens with zero attached hydrogens (tertiary/aromatic N) is 1. The van der Waals surface area contributed by atoms with Crippen LogP contribution in [0.4, 0.5) is 0 Å². The van der Waals surface area contributed by atoms with E-state index in [4.69, 9.17) is 14.7 Å². The molecule has 0 aromatic heterocycles. The molecule has 1 rings (SSSR count). The van der Waals surface area contributed by atoms with Crippen LogP contribution in [0.5, 0.6) is 5.75 Å². The second-order valence-corrected chi connectivity index (χ2v) is 4.90. The highest BCUT2D eigenvalue weighted by Gasteiger charge is 2.11. The second kappa shape index (κ2) is 8.26. The number of amides is 1. The van der Waals surface area contributed by atoms with Crippen LogP contribution in [0.15, 0.2) is 23.4 Å². The van der Waals surface area contributed by atoms with E-state index in [2.05, 4.69) is 10.5 Å². The minimum atomic E-state index is -0.232. The van der Waals surface area contributed by atoms with Gasteiger partial charge in [-0.3, -0.25) is 4.79 Å². The Kier molecular flexibility index (Phi) is 6.68. The summed E-state index contributed by atoms with van der Waals surface area (Å²) in [6, 6.07) is 5.39. The molecule has 1 aromatic rings. The molecule has 6 nitrogen and oxygen atoms in total. The average Bonchev–Trinajstić information content (AvgIpc) is 2.45. The molecule has 0 radical (unpaired) electrons. The highest BCUT2D eigenvalue weighted by molar-refractivity contribution is 6.01. The van der Waals surface area contributed by atoms with Crippen molar-refractivity contribution in [1.29, 1.82) is 0 Å². The Morgan fingerprint density at radius 1 is 1.48 bits per heavy atom. The van der Waals surface area contributed by atoms with Crippen LogP contribution in [-0.4, -0.2) is 43.2 Å². The SMILES string of the molecule is COCC(C)NC(=O)COc1ccc(C)cc1C(C)=NO. The molecular formula is C15H22N2O4. The number of aryl methyl sites for hydroxylation is 1. The number of rotatable bonds is 7. The quantitative estimate of drug-likeness (QED) is 0.456. The molecule has 2 N–H and O–H groups in total. The Bertz CT molecular complexity index is 514. The highest BCUT2D eigenvalue weighted by atomic mass is 16.5. The maximum Gasteiger partial charge on any atom is 0.258 e. The third kappa shape index (κ3) is 5.43. The van der Waals surface area contributed by atoms with Crippen LogP contribution >= 0.6 is 0 Å². The molecule has 0 aliphatic rings. The van der Waals surface area contributed by atoms with Crippen molar-refractivity contribution in [3.05, 3.63) is 29.3 Å². The topological polar surface area (TPSA) is 80.2 Å². The molecular weight excluding hydrogens is 272 g/mol. The van der Waals surface area contributed by atoms with Crippen molar-refractivity contribution >= 4 is 11.6 Å². The summed E-state index contributed by atoms with van der Waals surface area (Å²) in [7, 11) is 1.58. The summed E-state index contributed by atoms with van der Waals surface area (Å²) >= 11 is 0. The van der Waals surface area contributed by atoms with Crippen molar-refractivity contribution in [2.24, 2.45) is 5.16 Å². The van der Waals surface area contributed by atoms with Gasteiger partial charge in [-0.1, -0.05) is 16.8 Å². The van der Waals surface area contributed by atoms with Crippen molar-refractivity contribution in [3.63, 3.8) is 0 Å². The zero-order chi connectivity index (χ0) is 15.8. The number of nitrogens with one attached hydrogen (secondary N) is 1. The van der Waals surface area contributed by atoms with Crippen LogP contribution in [0.1, 0.15) is 25.0 Å². The summed E-state index contributed by atoms with van der Waals surface area (Å²) in [5.41, 5.74) is 2.11. The number of methoxy groups -OCH3 is 1. The van der Waals surface area contributed by atoms with E-state index in [1.807, 2.05) is 26.0 Å². The number of carbonyl (C=O) groups is 1. The predicted octanol–water partition coefficient (Wildman–Crippen LogP) is 1.72. The maximum atomic E-state index is 11.7. The van der Waals surface area contributed by atoms with Gasteiger partial charge >= 0.3 is 0 Å². The smallest absolute Gasteiger partial charge is 0.258 e. The predicted molar refractivity (Wildman–Crippen MR) is 80.2 cm³/mol. The third-order valence-electron chi connectivity index (χ3n) is 2.86. The Labute approximate surface area is 124 Å². The van der Waals surface area contributed by atoms with Crippen LogP contribution in [-0.2, 0) is 9.53 Å². The molecule has 1 atom stereocenters. The molecule has 116 valence electrons. The van der Waals surface area contributed by atoms with Crippen LogP contribution in [0.2, 0.25) is 0 Å². The molecule has 0 aliphatic heterocycles. The van der Waals surface area contributed by atoms with E-state index in [9.17, 15) is 4.79 Å². The number of oxime groups is 1. The number of ether oxygens (including phenoxy) is 2. The van der Waals surface area contributed by atoms with Crippen molar-refractivity contribution < 1.29 is 19.5 Å². The fourth-order valence-corrected chi connectivity index (χ4v) is 1.86. The summed E-state index contributed by atoms with van der Waals surface area (Å²) in [4.78, 5) is 11.7. The minimum absolute atomic E-state index is 0.0793. The summed E-state index contributed by atoms with van der Waals surface area (Å²) in [5, 5.41) is 14.8. The van der Waals surface area contributed by atoms with E-state index >= 15 is 0 Å².